The first kappa shape index (κ1) is 14.2. The van der Waals surface area contributed by atoms with E-state index in [0.717, 1.165) is 26.1 Å². The molecule has 1 aromatic rings. The van der Waals surface area contributed by atoms with Gasteiger partial charge >= 0.3 is 0 Å². The molecule has 3 heteroatoms. The Kier molecular flexibility index (Phi) is 4.35. The van der Waals surface area contributed by atoms with E-state index in [-0.39, 0.29) is 5.54 Å². The zero-order valence-corrected chi connectivity index (χ0v) is 12.7. The smallest absolute Gasteiger partial charge is 0.0604 e. The van der Waals surface area contributed by atoms with E-state index in [9.17, 15) is 0 Å². The van der Waals surface area contributed by atoms with Crippen molar-refractivity contribution in [1.82, 2.24) is 5.32 Å². The molecule has 3 nitrogen and oxygen atoms in total. The summed E-state index contributed by atoms with van der Waals surface area (Å²) in [6.07, 6.45) is 2.37. The molecule has 1 unspecified atom stereocenters. The van der Waals surface area contributed by atoms with E-state index < -0.39 is 0 Å². The lowest BCUT2D eigenvalue weighted by atomic mass is 9.98. The van der Waals surface area contributed by atoms with Gasteiger partial charge in [0.05, 0.1) is 11.4 Å². The van der Waals surface area contributed by atoms with Crippen molar-refractivity contribution >= 4 is 11.4 Å². The van der Waals surface area contributed by atoms with Crippen molar-refractivity contribution in [2.75, 3.05) is 43.5 Å². The second-order valence-corrected chi connectivity index (χ2v) is 6.00. The van der Waals surface area contributed by atoms with Gasteiger partial charge in [-0.3, -0.25) is 0 Å². The molecular weight excluding hydrogens is 234 g/mol. The molecule has 19 heavy (non-hydrogen) atoms. The molecule has 0 aromatic heterocycles. The largest absolute Gasteiger partial charge is 0.376 e. The van der Waals surface area contributed by atoms with Gasteiger partial charge in [0.25, 0.3) is 0 Å². The zero-order valence-electron chi connectivity index (χ0n) is 12.7. The minimum Gasteiger partial charge on any atom is -0.376 e. The second-order valence-electron chi connectivity index (χ2n) is 6.00. The molecule has 1 saturated heterocycles. The number of hydrogen-bond acceptors (Lipinski definition) is 3. The molecule has 1 fully saturated rings. The summed E-state index contributed by atoms with van der Waals surface area (Å²) in [5, 5.41) is 3.70. The number of anilines is 2. The molecule has 0 saturated carbocycles. The number of para-hydroxylation sites is 2. The SMILES string of the molecule is CCC1(C)CN(c2ccccc2N(C)C)CCCN1. The highest BCUT2D eigenvalue weighted by Crippen LogP contribution is 2.30. The summed E-state index contributed by atoms with van der Waals surface area (Å²) in [4.78, 5) is 4.75. The van der Waals surface area contributed by atoms with Gasteiger partial charge in [0.15, 0.2) is 0 Å². The fraction of sp³-hybridized carbons (Fsp3) is 0.625. The molecule has 0 bridgehead atoms. The molecule has 0 radical (unpaired) electrons. The summed E-state index contributed by atoms with van der Waals surface area (Å²) in [5.74, 6) is 0. The molecule has 1 heterocycles. The number of rotatable bonds is 3. The topological polar surface area (TPSA) is 18.5 Å². The third kappa shape index (κ3) is 3.21. The molecule has 1 aromatic carbocycles. The first-order valence-electron chi connectivity index (χ1n) is 7.32. The Morgan fingerprint density at radius 2 is 2.05 bits per heavy atom. The average Bonchev–Trinajstić information content (AvgIpc) is 2.61. The van der Waals surface area contributed by atoms with Crippen molar-refractivity contribution in [2.45, 2.75) is 32.2 Å². The summed E-state index contributed by atoms with van der Waals surface area (Å²) >= 11 is 0. The Morgan fingerprint density at radius 3 is 2.74 bits per heavy atom. The van der Waals surface area contributed by atoms with Crippen LogP contribution in [0.5, 0.6) is 0 Å². The Balaban J connectivity index is 2.29. The van der Waals surface area contributed by atoms with Crippen LogP contribution < -0.4 is 15.1 Å². The normalized spacial score (nSPS) is 24.1. The number of nitrogens with one attached hydrogen (secondary N) is 1. The summed E-state index contributed by atoms with van der Waals surface area (Å²) < 4.78 is 0. The van der Waals surface area contributed by atoms with Crippen LogP contribution in [0.15, 0.2) is 24.3 Å². The minimum absolute atomic E-state index is 0.218. The van der Waals surface area contributed by atoms with Crippen molar-refractivity contribution in [3.63, 3.8) is 0 Å². The standard InChI is InChI=1S/C16H27N3/c1-5-16(2)13-19(12-8-11-17-16)15-10-7-6-9-14(15)18(3)4/h6-7,9-10,17H,5,8,11-13H2,1-4H3. The Hall–Kier alpha value is -1.22. The van der Waals surface area contributed by atoms with Crippen molar-refractivity contribution < 1.29 is 0 Å². The summed E-state index contributed by atoms with van der Waals surface area (Å²) in [5.41, 5.74) is 2.88. The van der Waals surface area contributed by atoms with Crippen LogP contribution in [-0.2, 0) is 0 Å². The van der Waals surface area contributed by atoms with Crippen molar-refractivity contribution in [2.24, 2.45) is 0 Å². The van der Waals surface area contributed by atoms with Gasteiger partial charge in [0, 0.05) is 32.7 Å². The molecule has 1 aliphatic heterocycles. The Labute approximate surface area is 117 Å². The fourth-order valence-electron chi connectivity index (χ4n) is 2.77. The number of hydrogen-bond donors (Lipinski definition) is 1. The van der Waals surface area contributed by atoms with E-state index in [1.54, 1.807) is 0 Å². The summed E-state index contributed by atoms with van der Waals surface area (Å²) in [6, 6.07) is 8.71. The molecule has 2 rings (SSSR count). The van der Waals surface area contributed by atoms with Crippen molar-refractivity contribution in [1.29, 1.82) is 0 Å². The third-order valence-electron chi connectivity index (χ3n) is 4.18. The monoisotopic (exact) mass is 261 g/mol. The molecule has 0 spiro atoms. The molecular formula is C16H27N3. The predicted octanol–water partition coefficient (Wildman–Crippen LogP) is 2.72. The zero-order chi connectivity index (χ0) is 13.9. The maximum atomic E-state index is 3.70. The van der Waals surface area contributed by atoms with Crippen LogP contribution in [0.4, 0.5) is 11.4 Å². The molecule has 0 aliphatic carbocycles. The van der Waals surface area contributed by atoms with Gasteiger partial charge in [0.2, 0.25) is 0 Å². The highest BCUT2D eigenvalue weighted by Gasteiger charge is 2.28. The van der Waals surface area contributed by atoms with Crippen molar-refractivity contribution in [3.8, 4) is 0 Å². The van der Waals surface area contributed by atoms with E-state index in [2.05, 4.69) is 67.3 Å². The van der Waals surface area contributed by atoms with Gasteiger partial charge in [-0.05, 0) is 38.4 Å². The average molecular weight is 261 g/mol. The van der Waals surface area contributed by atoms with Crippen LogP contribution in [-0.4, -0.2) is 39.3 Å². The maximum Gasteiger partial charge on any atom is 0.0604 e. The molecule has 106 valence electrons. The van der Waals surface area contributed by atoms with Crippen LogP contribution in [0.3, 0.4) is 0 Å². The van der Waals surface area contributed by atoms with Gasteiger partial charge in [-0.25, -0.2) is 0 Å². The van der Waals surface area contributed by atoms with Crippen LogP contribution in [0, 0.1) is 0 Å². The first-order chi connectivity index (χ1) is 9.06. The highest BCUT2D eigenvalue weighted by atomic mass is 15.2. The summed E-state index contributed by atoms with van der Waals surface area (Å²) in [7, 11) is 4.24. The minimum atomic E-state index is 0.218. The van der Waals surface area contributed by atoms with E-state index >= 15 is 0 Å². The van der Waals surface area contributed by atoms with E-state index in [0.29, 0.717) is 0 Å². The lowest BCUT2D eigenvalue weighted by Gasteiger charge is -2.35. The fourth-order valence-corrected chi connectivity index (χ4v) is 2.77. The van der Waals surface area contributed by atoms with E-state index in [1.807, 2.05) is 0 Å². The molecule has 1 aliphatic rings. The molecule has 1 atom stereocenters. The molecule has 0 amide bonds. The van der Waals surface area contributed by atoms with Crippen LogP contribution in [0.25, 0.3) is 0 Å². The van der Waals surface area contributed by atoms with Crippen LogP contribution >= 0.6 is 0 Å². The quantitative estimate of drug-likeness (QED) is 0.902. The predicted molar refractivity (Wildman–Crippen MR) is 84.3 cm³/mol. The van der Waals surface area contributed by atoms with E-state index in [4.69, 9.17) is 0 Å². The highest BCUT2D eigenvalue weighted by molar-refractivity contribution is 5.71. The van der Waals surface area contributed by atoms with Crippen LogP contribution in [0.2, 0.25) is 0 Å². The van der Waals surface area contributed by atoms with E-state index in [1.165, 1.54) is 17.8 Å². The number of nitrogens with zero attached hydrogens (tertiary/aromatic N) is 2. The van der Waals surface area contributed by atoms with Gasteiger partial charge in [0.1, 0.15) is 0 Å². The molecule has 1 N–H and O–H groups in total. The van der Waals surface area contributed by atoms with Crippen LogP contribution in [0.1, 0.15) is 26.7 Å². The third-order valence-corrected chi connectivity index (χ3v) is 4.18. The summed E-state index contributed by atoms with van der Waals surface area (Å²) in [6.45, 7) is 7.94. The van der Waals surface area contributed by atoms with Gasteiger partial charge in [-0.2, -0.15) is 0 Å². The lowest BCUT2D eigenvalue weighted by Crippen LogP contribution is -2.48. The lowest BCUT2D eigenvalue weighted by molar-refractivity contribution is 0.366. The number of benzene rings is 1. The van der Waals surface area contributed by atoms with Crippen molar-refractivity contribution in [3.05, 3.63) is 24.3 Å². The first-order valence-corrected chi connectivity index (χ1v) is 7.32. The van der Waals surface area contributed by atoms with Gasteiger partial charge in [-0.1, -0.05) is 19.1 Å². The maximum absolute atomic E-state index is 3.70. The van der Waals surface area contributed by atoms with Gasteiger partial charge < -0.3 is 15.1 Å². The second kappa shape index (κ2) is 5.83. The Morgan fingerprint density at radius 1 is 1.32 bits per heavy atom. The van der Waals surface area contributed by atoms with Gasteiger partial charge in [-0.15, -0.1) is 0 Å². The Bertz CT molecular complexity index is 416.